The van der Waals surface area contributed by atoms with E-state index in [-0.39, 0.29) is 5.41 Å². The highest BCUT2D eigenvalue weighted by atomic mass is 15.6. The van der Waals surface area contributed by atoms with E-state index in [1.807, 2.05) is 0 Å². The maximum absolute atomic E-state index is 4.22. The van der Waals surface area contributed by atoms with Crippen LogP contribution in [0.4, 0.5) is 0 Å². The van der Waals surface area contributed by atoms with Gasteiger partial charge in [0, 0.05) is 12.5 Å². The Morgan fingerprint density at radius 3 is 2.62 bits per heavy atom. The summed E-state index contributed by atoms with van der Waals surface area (Å²) < 4.78 is 0. The van der Waals surface area contributed by atoms with Crippen LogP contribution in [0.25, 0.3) is 0 Å². The van der Waals surface area contributed by atoms with E-state index in [0.717, 1.165) is 25.2 Å². The molecule has 5 nitrogen and oxygen atoms in total. The van der Waals surface area contributed by atoms with Crippen LogP contribution in [0, 0.1) is 5.41 Å². The molecule has 0 aromatic carbocycles. The largest absolute Gasteiger partial charge is 0.315 e. The molecule has 5 heteroatoms. The number of hydrogen-bond acceptors (Lipinski definition) is 4. The van der Waals surface area contributed by atoms with Crippen molar-refractivity contribution in [2.75, 3.05) is 6.54 Å². The fourth-order valence-corrected chi connectivity index (χ4v) is 2.14. The molecule has 0 amide bonds. The zero-order valence-corrected chi connectivity index (χ0v) is 11.0. The van der Waals surface area contributed by atoms with Crippen molar-refractivity contribution in [1.82, 2.24) is 25.5 Å². The van der Waals surface area contributed by atoms with Gasteiger partial charge >= 0.3 is 0 Å². The van der Waals surface area contributed by atoms with Crippen LogP contribution in [-0.2, 0) is 13.5 Å². The summed E-state index contributed by atoms with van der Waals surface area (Å²) in [5, 5.41) is 15.5. The van der Waals surface area contributed by atoms with E-state index < -0.39 is 0 Å². The zero-order valence-electron chi connectivity index (χ0n) is 11.0. The second kappa shape index (κ2) is 5.39. The molecule has 1 atom stereocenters. The molecular weight excluding hydrogens is 202 g/mol. The second-order valence-corrected chi connectivity index (χ2v) is 5.20. The first-order valence-corrected chi connectivity index (χ1v) is 5.89. The Bertz CT molecular complexity index is 318. The lowest BCUT2D eigenvalue weighted by Crippen LogP contribution is -2.32. The average molecular weight is 225 g/mol. The summed E-state index contributed by atoms with van der Waals surface area (Å²) in [7, 11) is 1.80. The fourth-order valence-electron chi connectivity index (χ4n) is 2.14. The predicted octanol–water partition coefficient (Wildman–Crippen LogP) is 1.17. The fraction of sp³-hybridized carbons (Fsp3) is 0.909. The Labute approximate surface area is 97.6 Å². The molecule has 0 bridgehead atoms. The first-order valence-electron chi connectivity index (χ1n) is 5.89. The normalized spacial score (nSPS) is 14.1. The number of aromatic nitrogens is 4. The third kappa shape index (κ3) is 4.26. The molecule has 1 heterocycles. The number of rotatable bonds is 6. The van der Waals surface area contributed by atoms with Gasteiger partial charge < -0.3 is 5.32 Å². The van der Waals surface area contributed by atoms with Gasteiger partial charge in [0.05, 0.1) is 7.05 Å². The van der Waals surface area contributed by atoms with E-state index in [1.54, 1.807) is 7.05 Å². The SMILES string of the molecule is CCNC(C)CC(C)(C)Cc1nnn(C)n1. The molecule has 1 unspecified atom stereocenters. The summed E-state index contributed by atoms with van der Waals surface area (Å²) in [4.78, 5) is 1.51. The summed E-state index contributed by atoms with van der Waals surface area (Å²) in [5.74, 6) is 0.830. The van der Waals surface area contributed by atoms with Crippen LogP contribution < -0.4 is 5.32 Å². The van der Waals surface area contributed by atoms with Crippen molar-refractivity contribution in [2.45, 2.75) is 46.6 Å². The lowest BCUT2D eigenvalue weighted by atomic mass is 9.82. The summed E-state index contributed by atoms with van der Waals surface area (Å²) >= 11 is 0. The van der Waals surface area contributed by atoms with Crippen molar-refractivity contribution >= 4 is 0 Å². The number of nitrogens with one attached hydrogen (secondary N) is 1. The van der Waals surface area contributed by atoms with Crippen LogP contribution in [0.3, 0.4) is 0 Å². The van der Waals surface area contributed by atoms with Gasteiger partial charge in [0.15, 0.2) is 5.82 Å². The Morgan fingerprint density at radius 2 is 2.12 bits per heavy atom. The maximum atomic E-state index is 4.22. The lowest BCUT2D eigenvalue weighted by molar-refractivity contribution is 0.283. The van der Waals surface area contributed by atoms with Gasteiger partial charge in [-0.3, -0.25) is 0 Å². The molecule has 0 saturated carbocycles. The molecule has 0 radical (unpaired) electrons. The monoisotopic (exact) mass is 225 g/mol. The molecule has 0 aliphatic heterocycles. The molecule has 92 valence electrons. The number of nitrogens with zero attached hydrogens (tertiary/aromatic N) is 4. The molecule has 1 N–H and O–H groups in total. The molecule has 1 aromatic rings. The standard InChI is InChI=1S/C11H23N5/c1-6-12-9(2)7-11(3,4)8-10-13-15-16(5)14-10/h9,12H,6-8H2,1-5H3. The molecule has 0 aliphatic rings. The Balaban J connectivity index is 2.50. The van der Waals surface area contributed by atoms with Gasteiger partial charge in [-0.2, -0.15) is 4.80 Å². The zero-order chi connectivity index (χ0) is 12.2. The minimum absolute atomic E-state index is 0.199. The van der Waals surface area contributed by atoms with E-state index in [1.165, 1.54) is 4.80 Å². The molecule has 1 rings (SSSR count). The Kier molecular flexibility index (Phi) is 4.41. The van der Waals surface area contributed by atoms with E-state index in [9.17, 15) is 0 Å². The molecule has 0 saturated heterocycles. The molecule has 16 heavy (non-hydrogen) atoms. The lowest BCUT2D eigenvalue weighted by Gasteiger charge is -2.27. The van der Waals surface area contributed by atoms with E-state index in [0.29, 0.717) is 6.04 Å². The Morgan fingerprint density at radius 1 is 1.44 bits per heavy atom. The summed E-state index contributed by atoms with van der Waals surface area (Å²) in [5.41, 5.74) is 0.199. The van der Waals surface area contributed by atoms with Crippen molar-refractivity contribution in [3.05, 3.63) is 5.82 Å². The van der Waals surface area contributed by atoms with Crippen molar-refractivity contribution in [2.24, 2.45) is 12.5 Å². The van der Waals surface area contributed by atoms with Crippen molar-refractivity contribution in [3.8, 4) is 0 Å². The highest BCUT2D eigenvalue weighted by Crippen LogP contribution is 2.25. The maximum Gasteiger partial charge on any atom is 0.175 e. The van der Waals surface area contributed by atoms with Crippen LogP contribution in [0.5, 0.6) is 0 Å². The van der Waals surface area contributed by atoms with Gasteiger partial charge in [-0.25, -0.2) is 0 Å². The Hall–Kier alpha value is -0.970. The smallest absolute Gasteiger partial charge is 0.175 e. The van der Waals surface area contributed by atoms with Crippen LogP contribution in [-0.4, -0.2) is 32.8 Å². The van der Waals surface area contributed by atoms with Crippen molar-refractivity contribution in [1.29, 1.82) is 0 Å². The molecule has 0 spiro atoms. The third-order valence-electron chi connectivity index (χ3n) is 2.60. The predicted molar refractivity (Wildman–Crippen MR) is 64.0 cm³/mol. The molecule has 0 fully saturated rings. The van der Waals surface area contributed by atoms with Gasteiger partial charge in [0.1, 0.15) is 0 Å². The number of tetrazole rings is 1. The van der Waals surface area contributed by atoms with Gasteiger partial charge in [0.2, 0.25) is 0 Å². The first kappa shape index (κ1) is 13.1. The first-order chi connectivity index (χ1) is 7.43. The highest BCUT2D eigenvalue weighted by molar-refractivity contribution is 4.87. The third-order valence-corrected chi connectivity index (χ3v) is 2.60. The van der Waals surface area contributed by atoms with Crippen molar-refractivity contribution in [3.63, 3.8) is 0 Å². The molecular formula is C11H23N5. The molecule has 1 aromatic heterocycles. The average Bonchev–Trinajstić information content (AvgIpc) is 2.49. The minimum Gasteiger partial charge on any atom is -0.315 e. The van der Waals surface area contributed by atoms with Gasteiger partial charge in [0.25, 0.3) is 0 Å². The van der Waals surface area contributed by atoms with E-state index in [4.69, 9.17) is 0 Å². The topological polar surface area (TPSA) is 55.6 Å². The molecule has 0 aliphatic carbocycles. The van der Waals surface area contributed by atoms with E-state index >= 15 is 0 Å². The minimum atomic E-state index is 0.199. The summed E-state index contributed by atoms with van der Waals surface area (Å²) in [6.07, 6.45) is 1.98. The number of hydrogen-bond donors (Lipinski definition) is 1. The summed E-state index contributed by atoms with van der Waals surface area (Å²) in [6.45, 7) is 9.86. The van der Waals surface area contributed by atoms with Crippen LogP contribution in [0.1, 0.15) is 39.9 Å². The summed E-state index contributed by atoms with van der Waals surface area (Å²) in [6, 6.07) is 0.525. The van der Waals surface area contributed by atoms with E-state index in [2.05, 4.69) is 48.4 Å². The number of aryl methyl sites for hydroxylation is 1. The van der Waals surface area contributed by atoms with Crippen LogP contribution in [0.15, 0.2) is 0 Å². The van der Waals surface area contributed by atoms with Gasteiger partial charge in [-0.15, -0.1) is 10.2 Å². The van der Waals surface area contributed by atoms with Crippen LogP contribution >= 0.6 is 0 Å². The quantitative estimate of drug-likeness (QED) is 0.789. The van der Waals surface area contributed by atoms with Crippen LogP contribution in [0.2, 0.25) is 0 Å². The van der Waals surface area contributed by atoms with Crippen molar-refractivity contribution < 1.29 is 0 Å². The highest BCUT2D eigenvalue weighted by Gasteiger charge is 2.23. The second-order valence-electron chi connectivity index (χ2n) is 5.20. The van der Waals surface area contributed by atoms with Gasteiger partial charge in [-0.1, -0.05) is 20.8 Å². The van der Waals surface area contributed by atoms with Gasteiger partial charge in [-0.05, 0) is 30.5 Å².